The van der Waals surface area contributed by atoms with Gasteiger partial charge in [0.1, 0.15) is 11.3 Å². The van der Waals surface area contributed by atoms with Crippen molar-refractivity contribution in [2.45, 2.75) is 210 Å². The number of hydrogen-bond acceptors (Lipinski definition) is 9. The molecule has 0 aromatic heterocycles. The first-order valence-electron chi connectivity index (χ1n) is 22.7. The van der Waals surface area contributed by atoms with Crippen LogP contribution in [0.25, 0.3) is 0 Å². The number of fused-ring (bicyclic) bond motifs is 2. The van der Waals surface area contributed by atoms with Crippen LogP contribution in [0.1, 0.15) is 164 Å². The van der Waals surface area contributed by atoms with Gasteiger partial charge in [-0.2, -0.15) is 0 Å². The van der Waals surface area contributed by atoms with Crippen LogP contribution in [-0.2, 0) is 33.2 Å². The van der Waals surface area contributed by atoms with Crippen molar-refractivity contribution >= 4 is 31.5 Å². The molecule has 3 aliphatic heterocycles. The molecule has 1 aromatic carbocycles. The van der Waals surface area contributed by atoms with Crippen molar-refractivity contribution in [2.24, 2.45) is 0 Å². The zero-order valence-electron chi connectivity index (χ0n) is 36.8. The van der Waals surface area contributed by atoms with Gasteiger partial charge in [-0.25, -0.2) is 4.79 Å². The molecule has 0 radical (unpaired) electrons. The molecular formula is C47H77NO9Se. The van der Waals surface area contributed by atoms with E-state index in [1.807, 2.05) is 59.7 Å². The predicted octanol–water partition coefficient (Wildman–Crippen LogP) is 9.58. The molecule has 58 heavy (non-hydrogen) atoms. The van der Waals surface area contributed by atoms with Gasteiger partial charge in [0.15, 0.2) is 0 Å². The van der Waals surface area contributed by atoms with Crippen molar-refractivity contribution in [1.82, 2.24) is 4.90 Å². The summed E-state index contributed by atoms with van der Waals surface area (Å²) in [6, 6.07) is 10.1. The van der Waals surface area contributed by atoms with Crippen LogP contribution in [0.3, 0.4) is 0 Å². The Hall–Kier alpha value is -1.98. The van der Waals surface area contributed by atoms with Crippen LogP contribution in [0.15, 0.2) is 42.5 Å². The third-order valence-electron chi connectivity index (χ3n) is 11.3. The van der Waals surface area contributed by atoms with E-state index in [1.54, 1.807) is 4.90 Å². The maximum atomic E-state index is 12.8. The van der Waals surface area contributed by atoms with Crippen LogP contribution in [-0.4, -0.2) is 105 Å². The van der Waals surface area contributed by atoms with E-state index in [9.17, 15) is 14.7 Å². The summed E-state index contributed by atoms with van der Waals surface area (Å²) in [7, 11) is 0. The number of allylic oxidation sites excluding steroid dienone is 1. The van der Waals surface area contributed by atoms with Crippen LogP contribution in [0.5, 0.6) is 0 Å². The molecule has 1 N–H and O–H groups in total. The Morgan fingerprint density at radius 2 is 1.57 bits per heavy atom. The number of hydrogen-bond donors (Lipinski definition) is 1. The van der Waals surface area contributed by atoms with E-state index in [0.717, 1.165) is 51.4 Å². The van der Waals surface area contributed by atoms with Gasteiger partial charge >= 0.3 is 192 Å². The number of esters is 1. The zero-order valence-corrected chi connectivity index (χ0v) is 38.5. The molecule has 1 aromatic rings. The number of carbonyl (C=O) groups is 2. The second-order valence-electron chi connectivity index (χ2n) is 17.9. The molecule has 10 nitrogen and oxygen atoms in total. The number of benzene rings is 1. The van der Waals surface area contributed by atoms with Gasteiger partial charge in [-0.05, 0) is 41.0 Å². The van der Waals surface area contributed by atoms with Gasteiger partial charge in [0, 0.05) is 6.61 Å². The standard InChI is InChI=1S/C47H77NO9Se/c1-7-53-43(50)41(58-38-27-21-19-22-28-38)30-24-20-23-29-40-42-39(49)31-33-47(55-40,56-42)32-25-17-15-13-11-9-8-10-12-14-16-18-26-34-52-35-37-36-54-46(5,6)48(37)44(51)57-45(2,3)4/h19,21-23,27-29,37,39-42,49H,7-18,20,24-26,30-36H2,1-6H3/b29-23+/t37-,39+,40+,41?,42+,47+/m0/s1. The first-order chi connectivity index (χ1) is 27.8. The summed E-state index contributed by atoms with van der Waals surface area (Å²) in [4.78, 5) is 27.0. The summed E-state index contributed by atoms with van der Waals surface area (Å²) in [6.07, 6.45) is 23.9. The molecule has 3 fully saturated rings. The van der Waals surface area contributed by atoms with E-state index in [2.05, 4.69) is 24.3 Å². The van der Waals surface area contributed by atoms with Crippen LogP contribution in [0.4, 0.5) is 4.79 Å². The van der Waals surface area contributed by atoms with Gasteiger partial charge in [0.05, 0.1) is 19.3 Å². The fraction of sp³-hybridized carbons (Fsp3) is 0.787. The molecule has 0 aliphatic carbocycles. The maximum absolute atomic E-state index is 12.8. The van der Waals surface area contributed by atoms with Crippen molar-refractivity contribution in [3.05, 3.63) is 42.5 Å². The molecule has 0 spiro atoms. The first-order valence-corrected chi connectivity index (χ1v) is 24.5. The summed E-state index contributed by atoms with van der Waals surface area (Å²) in [5.41, 5.74) is -1.24. The van der Waals surface area contributed by atoms with E-state index in [0.29, 0.717) is 26.4 Å². The van der Waals surface area contributed by atoms with Crippen LogP contribution < -0.4 is 4.46 Å². The molecule has 4 rings (SSSR count). The number of ether oxygens (including phenoxy) is 6. The van der Waals surface area contributed by atoms with Crippen molar-refractivity contribution in [3.8, 4) is 0 Å². The molecule has 2 bridgehead atoms. The molecule has 330 valence electrons. The Kier molecular flexibility index (Phi) is 21.0. The third-order valence-corrected chi connectivity index (χ3v) is 13.9. The summed E-state index contributed by atoms with van der Waals surface area (Å²) in [5, 5.41) is 10.7. The Morgan fingerprint density at radius 1 is 0.931 bits per heavy atom. The predicted molar refractivity (Wildman–Crippen MR) is 230 cm³/mol. The number of carbonyl (C=O) groups excluding carboxylic acids is 2. The third kappa shape index (κ3) is 16.8. The van der Waals surface area contributed by atoms with E-state index in [4.69, 9.17) is 28.4 Å². The van der Waals surface area contributed by atoms with Crippen molar-refractivity contribution in [2.75, 3.05) is 26.4 Å². The van der Waals surface area contributed by atoms with E-state index in [1.165, 1.54) is 75.1 Å². The fourth-order valence-electron chi connectivity index (χ4n) is 8.22. The Balaban J connectivity index is 0.978. The molecular weight excluding hydrogens is 801 g/mol. The molecule has 6 atom stereocenters. The second kappa shape index (κ2) is 25.1. The molecule has 1 amide bonds. The minimum atomic E-state index is -0.695. The van der Waals surface area contributed by atoms with Crippen LogP contribution in [0.2, 0.25) is 4.82 Å². The molecule has 3 aliphatic rings. The fourth-order valence-corrected chi connectivity index (χ4v) is 10.5. The molecule has 11 heteroatoms. The number of amides is 1. The zero-order chi connectivity index (χ0) is 41.9. The average Bonchev–Trinajstić information content (AvgIpc) is 3.66. The van der Waals surface area contributed by atoms with Crippen LogP contribution in [0, 0.1) is 0 Å². The van der Waals surface area contributed by atoms with Crippen molar-refractivity contribution in [1.29, 1.82) is 0 Å². The topological polar surface area (TPSA) is 113 Å². The van der Waals surface area contributed by atoms with Gasteiger partial charge in [-0.3, -0.25) is 4.90 Å². The minimum absolute atomic E-state index is 0.0372. The Morgan fingerprint density at radius 3 is 2.21 bits per heavy atom. The molecule has 1 unspecified atom stereocenters. The van der Waals surface area contributed by atoms with Gasteiger partial charge in [-0.1, -0.05) is 64.2 Å². The van der Waals surface area contributed by atoms with E-state index < -0.39 is 23.2 Å². The number of aliphatic hydroxyl groups excluding tert-OH is 1. The molecule has 0 saturated carbocycles. The summed E-state index contributed by atoms with van der Waals surface area (Å²) >= 11 is 0.0372. The second-order valence-corrected chi connectivity index (χ2v) is 20.6. The number of unbranched alkanes of at least 4 members (excludes halogenated alkanes) is 13. The summed E-state index contributed by atoms with van der Waals surface area (Å²) < 4.78 is 37.0. The monoisotopic (exact) mass is 879 g/mol. The van der Waals surface area contributed by atoms with Gasteiger partial charge in [0.25, 0.3) is 0 Å². The molecule has 3 heterocycles. The quantitative estimate of drug-likeness (QED) is 0.0400. The number of aliphatic hydroxyl groups is 1. The normalized spacial score (nSPS) is 24.7. The van der Waals surface area contributed by atoms with Gasteiger partial charge in [0.2, 0.25) is 0 Å². The Labute approximate surface area is 357 Å². The van der Waals surface area contributed by atoms with Crippen LogP contribution >= 0.6 is 0 Å². The average molecular weight is 879 g/mol. The first kappa shape index (κ1) is 48.7. The van der Waals surface area contributed by atoms with E-state index in [-0.39, 0.29) is 50.1 Å². The van der Waals surface area contributed by atoms with Gasteiger partial charge < -0.3 is 14.2 Å². The SMILES string of the molecule is CCOC(=O)C(CCC/C=C/[C@H]1O[C@@]2(CCCCCCCCCCCCCCCOC[C@H]3COC(C)(C)N3C(=O)OC(C)(C)C)CC[C@@H](O)[C@H]1O2)[Se]c1ccccc1. The number of nitrogens with zero attached hydrogens (tertiary/aromatic N) is 1. The number of rotatable bonds is 27. The summed E-state index contributed by atoms with van der Waals surface area (Å²) in [5.74, 6) is -0.653. The molecule has 3 saturated heterocycles. The van der Waals surface area contributed by atoms with Crippen molar-refractivity contribution in [3.63, 3.8) is 0 Å². The van der Waals surface area contributed by atoms with Gasteiger partial charge in [-0.15, -0.1) is 0 Å². The Bertz CT molecular complexity index is 1350. The van der Waals surface area contributed by atoms with E-state index >= 15 is 0 Å². The summed E-state index contributed by atoms with van der Waals surface area (Å²) in [6.45, 7) is 13.4. The van der Waals surface area contributed by atoms with Crippen molar-refractivity contribution < 1.29 is 43.1 Å².